The summed E-state index contributed by atoms with van der Waals surface area (Å²) in [7, 11) is 1.71. The molecule has 36 heavy (non-hydrogen) atoms. The molecule has 1 N–H and O–H groups in total. The van der Waals surface area contributed by atoms with Crippen LogP contribution in [-0.2, 0) is 27.4 Å². The van der Waals surface area contributed by atoms with Crippen molar-refractivity contribution in [2.45, 2.75) is 46.3 Å². The number of hydrogen-bond donors (Lipinski definition) is 1. The third-order valence-electron chi connectivity index (χ3n) is 6.84. The van der Waals surface area contributed by atoms with E-state index >= 15 is 0 Å². The molecule has 0 bridgehead atoms. The first-order chi connectivity index (χ1) is 17.2. The molecule has 2 aliphatic rings. The lowest BCUT2D eigenvalue weighted by Gasteiger charge is -2.41. The number of hydrogen-bond acceptors (Lipinski definition) is 5. The minimum Gasteiger partial charge on any atom is -0.375 e. The van der Waals surface area contributed by atoms with E-state index in [4.69, 9.17) is 4.74 Å². The highest BCUT2D eigenvalue weighted by Gasteiger charge is 2.53. The molecule has 2 heterocycles. The average molecular weight is 491 g/mol. The van der Waals surface area contributed by atoms with Crippen molar-refractivity contribution in [2.75, 3.05) is 33.3 Å². The highest BCUT2D eigenvalue weighted by Crippen LogP contribution is 2.38. The van der Waals surface area contributed by atoms with Crippen LogP contribution in [0.3, 0.4) is 0 Å². The van der Waals surface area contributed by atoms with Crippen LogP contribution >= 0.6 is 0 Å². The summed E-state index contributed by atoms with van der Waals surface area (Å²) in [5.74, 6) is -0.0699. The van der Waals surface area contributed by atoms with Gasteiger partial charge in [0.15, 0.2) is 0 Å². The Labute approximate surface area is 214 Å². The van der Waals surface area contributed by atoms with Crippen LogP contribution in [-0.4, -0.2) is 66.8 Å². The third kappa shape index (κ3) is 6.02. The second-order valence-corrected chi connectivity index (χ2v) is 11.1. The van der Waals surface area contributed by atoms with E-state index in [-0.39, 0.29) is 23.8 Å². The molecule has 1 saturated heterocycles. The number of piperidine rings is 1. The second kappa shape index (κ2) is 10.9. The first-order valence-corrected chi connectivity index (χ1v) is 12.7. The number of nitrogens with one attached hydrogen (secondary N) is 1. The summed E-state index contributed by atoms with van der Waals surface area (Å²) in [6.45, 7) is 8.67. The van der Waals surface area contributed by atoms with Gasteiger partial charge in [-0.3, -0.25) is 9.59 Å². The first kappa shape index (κ1) is 26.0. The molecule has 2 aromatic carbocycles. The van der Waals surface area contributed by atoms with Gasteiger partial charge in [-0.15, -0.1) is 0 Å². The van der Waals surface area contributed by atoms with Crippen molar-refractivity contribution in [2.24, 2.45) is 15.9 Å². The maximum atomic E-state index is 13.8. The van der Waals surface area contributed by atoms with Crippen LogP contribution in [0, 0.1) is 10.8 Å². The van der Waals surface area contributed by atoms with Crippen molar-refractivity contribution in [3.05, 3.63) is 71.8 Å². The van der Waals surface area contributed by atoms with Gasteiger partial charge in [0.25, 0.3) is 5.91 Å². The number of ether oxygens (including phenoxy) is 1. The zero-order valence-corrected chi connectivity index (χ0v) is 21.9. The second-order valence-electron chi connectivity index (χ2n) is 11.1. The number of carbonyl (C=O) groups excluding carboxylic acids is 2. The van der Waals surface area contributed by atoms with E-state index in [2.05, 4.69) is 31.2 Å². The molecule has 2 aromatic rings. The smallest absolute Gasteiger partial charge is 0.256 e. The molecular weight excluding hydrogens is 452 g/mol. The normalized spacial score (nSPS) is 20.8. The molecular formula is C29H38N4O3. The Morgan fingerprint density at radius 1 is 1.08 bits per heavy atom. The number of amides is 2. The summed E-state index contributed by atoms with van der Waals surface area (Å²) in [6.07, 6.45) is 1.12. The standard InChI is InChI=1S/C29H38N4O3/c1-28(2,3)20-30-24(19-36-18-23-13-9-6-10-14-23)26(34)33-16-15-25-29(21-33,27(35)32(4)31-25)17-22-11-7-5-8-12-22/h5-14,24,30H,15-21H2,1-4H3/t24-,29-/m1/s1. The number of fused-ring (bicyclic) bond motifs is 1. The molecule has 0 spiro atoms. The predicted octanol–water partition coefficient (Wildman–Crippen LogP) is 3.50. The lowest BCUT2D eigenvalue weighted by atomic mass is 9.73. The molecule has 4 rings (SSSR count). The van der Waals surface area contributed by atoms with Gasteiger partial charge in [0, 0.05) is 33.1 Å². The minimum atomic E-state index is -0.816. The summed E-state index contributed by atoms with van der Waals surface area (Å²) in [4.78, 5) is 29.1. The summed E-state index contributed by atoms with van der Waals surface area (Å²) in [5.41, 5.74) is 2.21. The Morgan fingerprint density at radius 2 is 1.72 bits per heavy atom. The fourth-order valence-corrected chi connectivity index (χ4v) is 4.95. The van der Waals surface area contributed by atoms with Crippen LogP contribution < -0.4 is 5.32 Å². The molecule has 192 valence electrons. The van der Waals surface area contributed by atoms with Crippen molar-refractivity contribution in [3.63, 3.8) is 0 Å². The third-order valence-corrected chi connectivity index (χ3v) is 6.84. The first-order valence-electron chi connectivity index (χ1n) is 12.7. The maximum Gasteiger partial charge on any atom is 0.256 e. The van der Waals surface area contributed by atoms with E-state index < -0.39 is 11.5 Å². The van der Waals surface area contributed by atoms with Gasteiger partial charge in [0.05, 0.1) is 18.9 Å². The highest BCUT2D eigenvalue weighted by atomic mass is 16.5. The molecule has 0 unspecified atom stereocenters. The number of rotatable bonds is 9. The molecule has 7 heteroatoms. The van der Waals surface area contributed by atoms with E-state index in [1.165, 1.54) is 5.01 Å². The van der Waals surface area contributed by atoms with E-state index in [1.54, 1.807) is 7.05 Å². The van der Waals surface area contributed by atoms with Crippen molar-refractivity contribution in [1.29, 1.82) is 0 Å². The number of carbonyl (C=O) groups is 2. The molecule has 0 saturated carbocycles. The fraction of sp³-hybridized carbons (Fsp3) is 0.483. The Bertz CT molecular complexity index is 1080. The Balaban J connectivity index is 1.51. The Kier molecular flexibility index (Phi) is 7.91. The van der Waals surface area contributed by atoms with E-state index in [0.717, 1.165) is 16.8 Å². The maximum absolute atomic E-state index is 13.8. The summed E-state index contributed by atoms with van der Waals surface area (Å²) < 4.78 is 6.00. The monoisotopic (exact) mass is 490 g/mol. The van der Waals surface area contributed by atoms with Crippen molar-refractivity contribution in [3.8, 4) is 0 Å². The zero-order chi connectivity index (χ0) is 25.8. The molecule has 2 atom stereocenters. The molecule has 0 aromatic heterocycles. The van der Waals surface area contributed by atoms with Crippen molar-refractivity contribution >= 4 is 17.5 Å². The summed E-state index contributed by atoms with van der Waals surface area (Å²) in [5, 5.41) is 9.46. The van der Waals surface area contributed by atoms with E-state index in [9.17, 15) is 9.59 Å². The van der Waals surface area contributed by atoms with Gasteiger partial charge in [0.1, 0.15) is 11.5 Å². The molecule has 0 radical (unpaired) electrons. The summed E-state index contributed by atoms with van der Waals surface area (Å²) >= 11 is 0. The van der Waals surface area contributed by atoms with Gasteiger partial charge in [-0.25, -0.2) is 5.01 Å². The van der Waals surface area contributed by atoms with Crippen LogP contribution in [0.1, 0.15) is 38.3 Å². The number of likely N-dealkylation sites (tertiary alicyclic amines) is 1. The highest BCUT2D eigenvalue weighted by molar-refractivity contribution is 6.13. The minimum absolute atomic E-state index is 0.0123. The Hall–Kier alpha value is -3.03. The molecule has 2 amide bonds. The predicted molar refractivity (Wildman–Crippen MR) is 141 cm³/mol. The molecule has 0 aliphatic carbocycles. The number of benzene rings is 2. The lowest BCUT2D eigenvalue weighted by Crippen LogP contribution is -2.59. The van der Waals surface area contributed by atoms with Crippen LogP contribution in [0.15, 0.2) is 65.8 Å². The largest absolute Gasteiger partial charge is 0.375 e. The SMILES string of the molecule is CN1N=C2CCN(C(=O)[C@@H](COCc3ccccc3)NCC(C)(C)C)C[C@@]2(Cc2ccccc2)C1=O. The van der Waals surface area contributed by atoms with Gasteiger partial charge in [-0.1, -0.05) is 81.4 Å². The van der Waals surface area contributed by atoms with Crippen LogP contribution in [0.2, 0.25) is 0 Å². The van der Waals surface area contributed by atoms with Gasteiger partial charge in [0.2, 0.25) is 5.91 Å². The van der Waals surface area contributed by atoms with Gasteiger partial charge in [-0.05, 0) is 23.0 Å². The average Bonchev–Trinajstić information content (AvgIpc) is 3.10. The fourth-order valence-electron chi connectivity index (χ4n) is 4.95. The van der Waals surface area contributed by atoms with Crippen molar-refractivity contribution in [1.82, 2.24) is 15.2 Å². The van der Waals surface area contributed by atoms with Gasteiger partial charge in [-0.2, -0.15) is 5.10 Å². The Morgan fingerprint density at radius 3 is 2.36 bits per heavy atom. The van der Waals surface area contributed by atoms with Crippen LogP contribution in [0.25, 0.3) is 0 Å². The van der Waals surface area contributed by atoms with E-state index in [1.807, 2.05) is 65.6 Å². The zero-order valence-electron chi connectivity index (χ0n) is 21.9. The van der Waals surface area contributed by atoms with Crippen molar-refractivity contribution < 1.29 is 14.3 Å². The van der Waals surface area contributed by atoms with Crippen LogP contribution in [0.4, 0.5) is 0 Å². The molecule has 7 nitrogen and oxygen atoms in total. The van der Waals surface area contributed by atoms with E-state index in [0.29, 0.717) is 39.1 Å². The molecule has 2 aliphatic heterocycles. The lowest BCUT2D eigenvalue weighted by molar-refractivity contribution is -0.141. The molecule has 1 fully saturated rings. The van der Waals surface area contributed by atoms with Gasteiger partial charge >= 0.3 is 0 Å². The van der Waals surface area contributed by atoms with Crippen LogP contribution in [0.5, 0.6) is 0 Å². The quantitative estimate of drug-likeness (QED) is 0.584. The number of hydrazone groups is 1. The van der Waals surface area contributed by atoms with Gasteiger partial charge < -0.3 is 15.0 Å². The topological polar surface area (TPSA) is 74.2 Å². The number of nitrogens with zero attached hydrogens (tertiary/aromatic N) is 3. The summed E-state index contributed by atoms with van der Waals surface area (Å²) in [6, 6.07) is 19.5.